The Hall–Kier alpha value is -0.800. The molecule has 0 heterocycles. The van der Waals surface area contributed by atoms with Gasteiger partial charge in [-0.25, -0.2) is 0 Å². The molecule has 3 heteroatoms. The van der Waals surface area contributed by atoms with Crippen LogP contribution >= 0.6 is 11.8 Å². The number of carbonyl (C=O) groups excluding carboxylic acids is 1. The van der Waals surface area contributed by atoms with Gasteiger partial charge in [0.05, 0.1) is 0 Å². The van der Waals surface area contributed by atoms with Crippen LogP contribution in [-0.2, 0) is 0 Å². The molecule has 0 radical (unpaired) electrons. The second-order valence-corrected chi connectivity index (χ2v) is 4.51. The molecule has 0 aliphatic rings. The van der Waals surface area contributed by atoms with E-state index in [9.17, 15) is 4.79 Å². The van der Waals surface area contributed by atoms with Gasteiger partial charge in [0.15, 0.2) is 0 Å². The normalized spacial score (nSPS) is 10.5. The third-order valence-corrected chi connectivity index (χ3v) is 2.78. The van der Waals surface area contributed by atoms with Crippen molar-refractivity contribution >= 4 is 18.0 Å². The number of carbonyl (C=O) groups is 1. The van der Waals surface area contributed by atoms with Crippen LogP contribution in [0.2, 0.25) is 0 Å². The molecule has 14 heavy (non-hydrogen) atoms. The summed E-state index contributed by atoms with van der Waals surface area (Å²) in [5.74, 6) is 1.05. The van der Waals surface area contributed by atoms with Gasteiger partial charge >= 0.3 is 0 Å². The summed E-state index contributed by atoms with van der Waals surface area (Å²) in [5.41, 5.74) is 0.750. The molecule has 0 aliphatic heterocycles. The first-order valence-electron chi connectivity index (χ1n) is 4.55. The Balaban J connectivity index is 2.46. The summed E-state index contributed by atoms with van der Waals surface area (Å²) in [6, 6.07) is 7.70. The van der Waals surface area contributed by atoms with Gasteiger partial charge in [0.2, 0.25) is 0 Å². The van der Waals surface area contributed by atoms with Gasteiger partial charge in [-0.05, 0) is 26.2 Å². The van der Waals surface area contributed by atoms with E-state index in [2.05, 4.69) is 19.0 Å². The first kappa shape index (κ1) is 11.3. The average Bonchev–Trinajstić information content (AvgIpc) is 2.18. The number of hydrogen-bond donors (Lipinski definition) is 0. The molecular weight excluding hydrogens is 194 g/mol. The third-order valence-electron chi connectivity index (χ3n) is 1.80. The molecule has 1 rings (SSSR count). The second kappa shape index (κ2) is 5.83. The van der Waals surface area contributed by atoms with Gasteiger partial charge in [-0.2, -0.15) is 0 Å². The van der Waals surface area contributed by atoms with Crippen molar-refractivity contribution in [3.05, 3.63) is 29.8 Å². The van der Waals surface area contributed by atoms with Crippen LogP contribution in [0.4, 0.5) is 0 Å². The highest BCUT2D eigenvalue weighted by molar-refractivity contribution is 7.99. The minimum Gasteiger partial charge on any atom is -0.309 e. The number of nitrogens with zero attached hydrogens (tertiary/aromatic N) is 1. The van der Waals surface area contributed by atoms with Gasteiger partial charge in [0.1, 0.15) is 6.29 Å². The molecule has 0 aromatic heterocycles. The van der Waals surface area contributed by atoms with Gasteiger partial charge in [0.25, 0.3) is 0 Å². The van der Waals surface area contributed by atoms with E-state index in [-0.39, 0.29) is 0 Å². The van der Waals surface area contributed by atoms with Crippen molar-refractivity contribution in [3.8, 4) is 0 Å². The highest BCUT2D eigenvalue weighted by Crippen LogP contribution is 2.18. The van der Waals surface area contributed by atoms with Crippen molar-refractivity contribution in [1.82, 2.24) is 4.90 Å². The summed E-state index contributed by atoms with van der Waals surface area (Å²) in [6.07, 6.45) is 0.885. The zero-order valence-electron chi connectivity index (χ0n) is 8.56. The first-order chi connectivity index (χ1) is 6.72. The van der Waals surface area contributed by atoms with E-state index in [1.165, 1.54) is 0 Å². The molecule has 1 aromatic rings. The summed E-state index contributed by atoms with van der Waals surface area (Å²) in [4.78, 5) is 13.8. The molecule has 0 fully saturated rings. The minimum atomic E-state index is 0.750. The SMILES string of the molecule is CN(C)CCSc1cccc(C=O)c1. The van der Waals surface area contributed by atoms with E-state index >= 15 is 0 Å². The van der Waals surface area contributed by atoms with Crippen LogP contribution in [0.3, 0.4) is 0 Å². The standard InChI is InChI=1S/C11H15NOS/c1-12(2)6-7-14-11-5-3-4-10(8-11)9-13/h3-5,8-9H,6-7H2,1-2H3. The molecule has 0 saturated heterocycles. The predicted octanol–water partition coefficient (Wildman–Crippen LogP) is 2.15. The van der Waals surface area contributed by atoms with Crippen LogP contribution in [0, 0.1) is 0 Å². The van der Waals surface area contributed by atoms with Crippen LogP contribution in [0.1, 0.15) is 10.4 Å². The van der Waals surface area contributed by atoms with Crippen molar-refractivity contribution < 1.29 is 4.79 Å². The van der Waals surface area contributed by atoms with E-state index in [1.807, 2.05) is 24.3 Å². The fourth-order valence-electron chi connectivity index (χ4n) is 1.02. The number of thioether (sulfide) groups is 1. The van der Waals surface area contributed by atoms with Crippen molar-refractivity contribution in [2.45, 2.75) is 4.90 Å². The Morgan fingerprint density at radius 1 is 1.43 bits per heavy atom. The summed E-state index contributed by atoms with van der Waals surface area (Å²) in [7, 11) is 4.12. The Morgan fingerprint density at radius 3 is 2.86 bits per heavy atom. The first-order valence-corrected chi connectivity index (χ1v) is 5.53. The molecule has 0 spiro atoms. The zero-order chi connectivity index (χ0) is 10.4. The summed E-state index contributed by atoms with van der Waals surface area (Å²) < 4.78 is 0. The van der Waals surface area contributed by atoms with Crippen LogP contribution in [-0.4, -0.2) is 37.6 Å². The van der Waals surface area contributed by atoms with Gasteiger partial charge in [-0.15, -0.1) is 11.8 Å². The van der Waals surface area contributed by atoms with Crippen molar-refractivity contribution in [3.63, 3.8) is 0 Å². The molecule has 0 bridgehead atoms. The molecular formula is C11H15NOS. The number of rotatable bonds is 5. The Labute approximate surface area is 89.3 Å². The summed E-state index contributed by atoms with van der Waals surface area (Å²) in [5, 5.41) is 0. The van der Waals surface area contributed by atoms with E-state index in [1.54, 1.807) is 11.8 Å². The topological polar surface area (TPSA) is 20.3 Å². The van der Waals surface area contributed by atoms with Gasteiger partial charge in [-0.3, -0.25) is 4.79 Å². The monoisotopic (exact) mass is 209 g/mol. The maximum absolute atomic E-state index is 10.5. The van der Waals surface area contributed by atoms with Gasteiger partial charge in [0, 0.05) is 22.8 Å². The van der Waals surface area contributed by atoms with Gasteiger partial charge < -0.3 is 4.90 Å². The van der Waals surface area contributed by atoms with Crippen molar-refractivity contribution in [2.75, 3.05) is 26.4 Å². The third kappa shape index (κ3) is 3.94. The minimum absolute atomic E-state index is 0.750. The molecule has 0 saturated carbocycles. The molecule has 0 amide bonds. The van der Waals surface area contributed by atoms with Crippen molar-refractivity contribution in [2.24, 2.45) is 0 Å². The lowest BCUT2D eigenvalue weighted by Gasteiger charge is -2.08. The zero-order valence-corrected chi connectivity index (χ0v) is 9.38. The maximum Gasteiger partial charge on any atom is 0.150 e. The average molecular weight is 209 g/mol. The molecule has 76 valence electrons. The van der Waals surface area contributed by atoms with Gasteiger partial charge in [-0.1, -0.05) is 12.1 Å². The smallest absolute Gasteiger partial charge is 0.150 e. The highest BCUT2D eigenvalue weighted by Gasteiger charge is 1.96. The van der Waals surface area contributed by atoms with Crippen LogP contribution in [0.15, 0.2) is 29.2 Å². The fourth-order valence-corrected chi connectivity index (χ4v) is 2.11. The van der Waals surface area contributed by atoms with E-state index in [4.69, 9.17) is 0 Å². The van der Waals surface area contributed by atoms with Crippen LogP contribution in [0.25, 0.3) is 0 Å². The number of hydrogen-bond acceptors (Lipinski definition) is 3. The van der Waals surface area contributed by atoms with E-state index in [0.717, 1.165) is 29.0 Å². The summed E-state index contributed by atoms with van der Waals surface area (Å²) >= 11 is 1.78. The molecule has 2 nitrogen and oxygen atoms in total. The quantitative estimate of drug-likeness (QED) is 0.547. The fraction of sp³-hybridized carbons (Fsp3) is 0.364. The van der Waals surface area contributed by atoms with Crippen LogP contribution in [0.5, 0.6) is 0 Å². The van der Waals surface area contributed by atoms with E-state index in [0.29, 0.717) is 0 Å². The lowest BCUT2D eigenvalue weighted by molar-refractivity contribution is 0.112. The lowest BCUT2D eigenvalue weighted by Crippen LogP contribution is -2.14. The summed E-state index contributed by atoms with van der Waals surface area (Å²) in [6.45, 7) is 1.05. The Kier molecular flexibility index (Phi) is 4.70. The maximum atomic E-state index is 10.5. The Bertz CT molecular complexity index is 299. The predicted molar refractivity (Wildman–Crippen MR) is 61.1 cm³/mol. The molecule has 1 aromatic carbocycles. The molecule has 0 aliphatic carbocycles. The molecule has 0 atom stereocenters. The largest absolute Gasteiger partial charge is 0.309 e. The van der Waals surface area contributed by atoms with E-state index < -0.39 is 0 Å². The number of aldehydes is 1. The van der Waals surface area contributed by atoms with Crippen molar-refractivity contribution in [1.29, 1.82) is 0 Å². The highest BCUT2D eigenvalue weighted by atomic mass is 32.2. The molecule has 0 N–H and O–H groups in total. The molecule has 0 unspecified atom stereocenters. The number of benzene rings is 1. The Morgan fingerprint density at radius 2 is 2.21 bits per heavy atom. The van der Waals surface area contributed by atoms with Crippen LogP contribution < -0.4 is 0 Å². The second-order valence-electron chi connectivity index (χ2n) is 3.34. The lowest BCUT2D eigenvalue weighted by atomic mass is 10.2.